The van der Waals surface area contributed by atoms with E-state index < -0.39 is 5.91 Å². The van der Waals surface area contributed by atoms with Crippen LogP contribution >= 0.6 is 0 Å². The van der Waals surface area contributed by atoms with Crippen molar-refractivity contribution in [2.45, 2.75) is 26.2 Å². The normalized spacial score (nSPS) is 11.5. The maximum absolute atomic E-state index is 13.3. The fourth-order valence-corrected chi connectivity index (χ4v) is 4.01. The fourth-order valence-electron chi connectivity index (χ4n) is 4.01. The number of amides is 1. The molecule has 1 amide bonds. The molecule has 39 heavy (non-hydrogen) atoms. The Balaban J connectivity index is 1.55. The summed E-state index contributed by atoms with van der Waals surface area (Å²) in [5.41, 5.74) is 1.95. The van der Waals surface area contributed by atoms with Gasteiger partial charge in [0.25, 0.3) is 11.9 Å². The second-order valence-electron chi connectivity index (χ2n) is 9.78. The number of nitriles is 1. The van der Waals surface area contributed by atoms with E-state index in [9.17, 15) is 15.2 Å². The van der Waals surface area contributed by atoms with Crippen molar-refractivity contribution in [1.29, 1.82) is 5.26 Å². The summed E-state index contributed by atoms with van der Waals surface area (Å²) in [4.78, 5) is 21.6. The van der Waals surface area contributed by atoms with E-state index in [0.717, 1.165) is 5.56 Å². The van der Waals surface area contributed by atoms with E-state index in [1.54, 1.807) is 24.3 Å². The average molecular weight is 517 g/mol. The Hall–Kier alpha value is -5.43. The van der Waals surface area contributed by atoms with Crippen molar-refractivity contribution in [3.05, 3.63) is 95.9 Å². The molecule has 0 saturated carbocycles. The number of phenols is 1. The SMILES string of the molecule is CC(C)(C)c1ccc(NC(=O)c2cc3ccccc3c(/N=N/c3c(C#N)cnn3-c3ncccn3)c2O)cc1. The molecular weight excluding hydrogens is 492 g/mol. The Kier molecular flexibility index (Phi) is 6.56. The Morgan fingerprint density at radius 1 is 1.03 bits per heavy atom. The molecule has 0 saturated heterocycles. The van der Waals surface area contributed by atoms with E-state index >= 15 is 0 Å². The third-order valence-electron chi connectivity index (χ3n) is 6.10. The Morgan fingerprint density at radius 3 is 2.44 bits per heavy atom. The lowest BCUT2D eigenvalue weighted by atomic mass is 9.87. The molecule has 5 aromatic rings. The quantitative estimate of drug-likeness (QED) is 0.260. The number of carbonyl (C=O) groups excluding carboxylic acids is 1. The van der Waals surface area contributed by atoms with Gasteiger partial charge in [-0.2, -0.15) is 15.0 Å². The molecule has 3 aromatic carbocycles. The summed E-state index contributed by atoms with van der Waals surface area (Å²) in [6.07, 6.45) is 4.40. The van der Waals surface area contributed by atoms with Gasteiger partial charge in [0.1, 0.15) is 17.3 Å². The highest BCUT2D eigenvalue weighted by Crippen LogP contribution is 2.40. The highest BCUT2D eigenvalue weighted by atomic mass is 16.3. The molecule has 0 aliphatic carbocycles. The topological polar surface area (TPSA) is 141 Å². The predicted molar refractivity (Wildman–Crippen MR) is 147 cm³/mol. The van der Waals surface area contributed by atoms with E-state index in [4.69, 9.17) is 0 Å². The van der Waals surface area contributed by atoms with Gasteiger partial charge >= 0.3 is 0 Å². The molecule has 2 aromatic heterocycles. The number of benzene rings is 3. The number of nitrogens with zero attached hydrogens (tertiary/aromatic N) is 7. The van der Waals surface area contributed by atoms with Gasteiger partial charge in [-0.3, -0.25) is 4.79 Å². The second-order valence-corrected chi connectivity index (χ2v) is 9.78. The molecule has 0 aliphatic rings. The summed E-state index contributed by atoms with van der Waals surface area (Å²) >= 11 is 0. The second kappa shape index (κ2) is 10.1. The van der Waals surface area contributed by atoms with Crippen molar-refractivity contribution in [2.75, 3.05) is 5.32 Å². The van der Waals surface area contributed by atoms with Crippen molar-refractivity contribution in [1.82, 2.24) is 19.7 Å². The van der Waals surface area contributed by atoms with Gasteiger partial charge in [-0.05, 0) is 40.6 Å². The lowest BCUT2D eigenvalue weighted by Gasteiger charge is -2.19. The summed E-state index contributed by atoms with van der Waals surface area (Å²) in [7, 11) is 0. The Morgan fingerprint density at radius 2 is 1.74 bits per heavy atom. The van der Waals surface area contributed by atoms with Crippen LogP contribution in [0.2, 0.25) is 0 Å². The van der Waals surface area contributed by atoms with E-state index in [0.29, 0.717) is 16.5 Å². The third kappa shape index (κ3) is 5.06. The van der Waals surface area contributed by atoms with Crippen molar-refractivity contribution in [3.63, 3.8) is 0 Å². The molecule has 0 atom stereocenters. The number of anilines is 1. The van der Waals surface area contributed by atoms with Crippen LogP contribution in [-0.4, -0.2) is 30.8 Å². The van der Waals surface area contributed by atoms with Crippen molar-refractivity contribution in [2.24, 2.45) is 10.2 Å². The van der Waals surface area contributed by atoms with E-state index in [1.165, 1.54) is 23.3 Å². The molecule has 192 valence electrons. The van der Waals surface area contributed by atoms with Crippen LogP contribution < -0.4 is 5.32 Å². The van der Waals surface area contributed by atoms with Gasteiger partial charge in [0.2, 0.25) is 0 Å². The molecular formula is C29H24N8O2. The first-order valence-corrected chi connectivity index (χ1v) is 12.1. The van der Waals surface area contributed by atoms with E-state index in [2.05, 4.69) is 51.4 Å². The van der Waals surface area contributed by atoms with Gasteiger partial charge in [0.05, 0.1) is 11.8 Å². The average Bonchev–Trinajstić information content (AvgIpc) is 3.35. The molecule has 0 aliphatic heterocycles. The summed E-state index contributed by atoms with van der Waals surface area (Å²) in [5, 5.41) is 37.6. The van der Waals surface area contributed by atoms with Crippen LogP contribution in [0.1, 0.15) is 42.3 Å². The minimum atomic E-state index is -0.501. The number of azo groups is 1. The fraction of sp³-hybridized carbons (Fsp3) is 0.138. The van der Waals surface area contributed by atoms with Crippen LogP contribution in [0.25, 0.3) is 16.7 Å². The van der Waals surface area contributed by atoms with Crippen LogP contribution in [0, 0.1) is 11.3 Å². The zero-order valence-corrected chi connectivity index (χ0v) is 21.5. The monoisotopic (exact) mass is 516 g/mol. The molecule has 0 unspecified atom stereocenters. The van der Waals surface area contributed by atoms with Gasteiger partial charge in [-0.15, -0.1) is 10.2 Å². The van der Waals surface area contributed by atoms with Crippen molar-refractivity contribution < 1.29 is 9.90 Å². The molecule has 0 bridgehead atoms. The van der Waals surface area contributed by atoms with Gasteiger partial charge in [-0.1, -0.05) is 57.2 Å². The number of aromatic hydroxyl groups is 1. The molecule has 0 spiro atoms. The Bertz CT molecular complexity index is 1750. The number of nitrogens with one attached hydrogen (secondary N) is 1. The third-order valence-corrected chi connectivity index (χ3v) is 6.10. The van der Waals surface area contributed by atoms with Crippen molar-refractivity contribution in [3.8, 4) is 17.8 Å². The first-order chi connectivity index (χ1) is 18.8. The number of phenolic OH excluding ortho intramolecular Hbond substituents is 1. The highest BCUT2D eigenvalue weighted by molar-refractivity contribution is 6.11. The zero-order chi connectivity index (χ0) is 27.6. The Labute approximate surface area is 224 Å². The smallest absolute Gasteiger partial charge is 0.259 e. The van der Waals surface area contributed by atoms with Crippen LogP contribution in [0.4, 0.5) is 17.2 Å². The van der Waals surface area contributed by atoms with Gasteiger partial charge in [-0.25, -0.2) is 9.97 Å². The number of hydrogen-bond acceptors (Lipinski definition) is 8. The molecule has 0 fully saturated rings. The van der Waals surface area contributed by atoms with Crippen LogP contribution in [0.15, 0.2) is 89.5 Å². The summed E-state index contributed by atoms with van der Waals surface area (Å²) in [5.74, 6) is -0.561. The van der Waals surface area contributed by atoms with E-state index in [-0.39, 0.29) is 39.7 Å². The lowest BCUT2D eigenvalue weighted by Crippen LogP contribution is -2.14. The molecule has 2 N–H and O–H groups in total. The molecule has 10 heteroatoms. The summed E-state index contributed by atoms with van der Waals surface area (Å²) < 4.78 is 1.28. The molecule has 0 radical (unpaired) electrons. The minimum Gasteiger partial charge on any atom is -0.505 e. The van der Waals surface area contributed by atoms with Crippen LogP contribution in [0.5, 0.6) is 5.75 Å². The first kappa shape index (κ1) is 25.2. The zero-order valence-electron chi connectivity index (χ0n) is 21.5. The summed E-state index contributed by atoms with van der Waals surface area (Å²) in [6.45, 7) is 6.34. The number of aromatic nitrogens is 4. The number of fused-ring (bicyclic) bond motifs is 1. The molecule has 10 nitrogen and oxygen atoms in total. The maximum atomic E-state index is 13.3. The highest BCUT2D eigenvalue weighted by Gasteiger charge is 2.20. The van der Waals surface area contributed by atoms with Crippen LogP contribution in [0.3, 0.4) is 0 Å². The van der Waals surface area contributed by atoms with Crippen molar-refractivity contribution >= 4 is 33.9 Å². The number of rotatable bonds is 5. The minimum absolute atomic E-state index is 0.0213. The predicted octanol–water partition coefficient (Wildman–Crippen LogP) is 6.36. The van der Waals surface area contributed by atoms with Gasteiger partial charge < -0.3 is 10.4 Å². The van der Waals surface area contributed by atoms with E-state index in [1.807, 2.05) is 42.5 Å². The number of hydrogen-bond donors (Lipinski definition) is 2. The number of carbonyl (C=O) groups is 1. The molecule has 2 heterocycles. The lowest BCUT2D eigenvalue weighted by molar-refractivity contribution is 0.102. The maximum Gasteiger partial charge on any atom is 0.259 e. The largest absolute Gasteiger partial charge is 0.505 e. The summed E-state index contributed by atoms with van der Waals surface area (Å²) in [6, 6.07) is 20.0. The standard InChI is InChI=1S/C29H24N8O2/c1-29(2,3)20-9-11-21(12-10-20)34-27(39)23-15-18-7-4-5-8-22(18)24(25(23)38)35-36-26-19(16-30)17-33-37(26)28-31-13-6-14-32-28/h4-15,17,38H,1-3H3,(H,34,39)/b36-35+. The van der Waals surface area contributed by atoms with Gasteiger partial charge in [0, 0.05) is 23.5 Å². The van der Waals surface area contributed by atoms with Crippen LogP contribution in [-0.2, 0) is 5.41 Å². The first-order valence-electron chi connectivity index (χ1n) is 12.1. The molecule has 5 rings (SSSR count). The van der Waals surface area contributed by atoms with Gasteiger partial charge in [0.15, 0.2) is 11.6 Å².